The van der Waals surface area contributed by atoms with Gasteiger partial charge in [0.05, 0.1) is 6.10 Å². The van der Waals surface area contributed by atoms with E-state index in [1.807, 2.05) is 0 Å². The normalized spacial score (nSPS) is 21.2. The van der Waals surface area contributed by atoms with Gasteiger partial charge in [-0.1, -0.05) is 12.8 Å². The van der Waals surface area contributed by atoms with Gasteiger partial charge in [0.15, 0.2) is 0 Å². The molecular weight excluding hydrogens is 164 g/mol. The van der Waals surface area contributed by atoms with Crippen molar-refractivity contribution in [1.29, 1.82) is 0 Å². The molecular formula is C11H22O2. The van der Waals surface area contributed by atoms with Gasteiger partial charge in [-0.2, -0.15) is 0 Å². The summed E-state index contributed by atoms with van der Waals surface area (Å²) in [7, 11) is 0. The molecule has 78 valence electrons. The molecule has 1 fully saturated rings. The Balaban J connectivity index is 2.23. The largest absolute Gasteiger partial charge is 0.396 e. The molecule has 1 rings (SSSR count). The van der Waals surface area contributed by atoms with Crippen molar-refractivity contribution in [1.82, 2.24) is 0 Å². The summed E-state index contributed by atoms with van der Waals surface area (Å²) in [4.78, 5) is 0. The quantitative estimate of drug-likeness (QED) is 0.714. The van der Waals surface area contributed by atoms with Crippen molar-refractivity contribution in [2.45, 2.75) is 52.1 Å². The summed E-state index contributed by atoms with van der Waals surface area (Å²) in [6.07, 6.45) is 6.28. The van der Waals surface area contributed by atoms with E-state index < -0.39 is 0 Å². The van der Waals surface area contributed by atoms with Gasteiger partial charge < -0.3 is 9.84 Å². The van der Waals surface area contributed by atoms with Crippen LogP contribution in [0.3, 0.4) is 0 Å². The van der Waals surface area contributed by atoms with Gasteiger partial charge in [-0.3, -0.25) is 0 Å². The highest BCUT2D eigenvalue weighted by Gasteiger charge is 2.32. The van der Waals surface area contributed by atoms with E-state index in [0.717, 1.165) is 13.0 Å². The van der Waals surface area contributed by atoms with Crippen LogP contribution in [-0.2, 0) is 4.74 Å². The Morgan fingerprint density at radius 1 is 1.31 bits per heavy atom. The van der Waals surface area contributed by atoms with Crippen LogP contribution in [0.2, 0.25) is 0 Å². The molecule has 0 aromatic carbocycles. The van der Waals surface area contributed by atoms with Gasteiger partial charge in [0.1, 0.15) is 0 Å². The van der Waals surface area contributed by atoms with Crippen molar-refractivity contribution in [2.75, 3.05) is 13.2 Å². The predicted molar refractivity (Wildman–Crippen MR) is 53.7 cm³/mol. The fourth-order valence-electron chi connectivity index (χ4n) is 2.12. The van der Waals surface area contributed by atoms with E-state index in [4.69, 9.17) is 4.74 Å². The Labute approximate surface area is 81.3 Å². The molecule has 0 unspecified atom stereocenters. The summed E-state index contributed by atoms with van der Waals surface area (Å²) in [6, 6.07) is 0. The zero-order chi connectivity index (χ0) is 9.73. The van der Waals surface area contributed by atoms with Crippen LogP contribution >= 0.6 is 0 Å². The fourth-order valence-corrected chi connectivity index (χ4v) is 2.12. The molecule has 1 N–H and O–H groups in total. The van der Waals surface area contributed by atoms with Crippen molar-refractivity contribution >= 4 is 0 Å². The van der Waals surface area contributed by atoms with Gasteiger partial charge >= 0.3 is 0 Å². The zero-order valence-electron chi connectivity index (χ0n) is 8.88. The van der Waals surface area contributed by atoms with Gasteiger partial charge in [-0.05, 0) is 38.5 Å². The lowest BCUT2D eigenvalue weighted by molar-refractivity contribution is 0.0321. The average Bonchev–Trinajstić information content (AvgIpc) is 2.53. The molecule has 1 aliphatic carbocycles. The highest BCUT2D eigenvalue weighted by molar-refractivity contribution is 4.83. The third-order valence-corrected chi connectivity index (χ3v) is 3.08. The molecule has 0 heterocycles. The van der Waals surface area contributed by atoms with Crippen LogP contribution in [0.15, 0.2) is 0 Å². The minimum absolute atomic E-state index is 0.203. The van der Waals surface area contributed by atoms with Crippen LogP contribution in [0, 0.1) is 5.41 Å². The number of hydrogen-bond donors (Lipinski definition) is 1. The third kappa shape index (κ3) is 3.28. The number of hydrogen-bond acceptors (Lipinski definition) is 2. The summed E-state index contributed by atoms with van der Waals surface area (Å²) < 4.78 is 5.52. The Morgan fingerprint density at radius 3 is 2.38 bits per heavy atom. The van der Waals surface area contributed by atoms with Crippen LogP contribution < -0.4 is 0 Å². The first-order valence-corrected chi connectivity index (χ1v) is 5.41. The van der Waals surface area contributed by atoms with Crippen molar-refractivity contribution in [2.24, 2.45) is 5.41 Å². The van der Waals surface area contributed by atoms with Crippen LogP contribution in [0.5, 0.6) is 0 Å². The van der Waals surface area contributed by atoms with Gasteiger partial charge in [0.2, 0.25) is 0 Å². The second kappa shape index (κ2) is 4.97. The maximum Gasteiger partial charge on any atom is 0.0518 e. The summed E-state index contributed by atoms with van der Waals surface area (Å²) in [5.74, 6) is 0. The summed E-state index contributed by atoms with van der Waals surface area (Å²) in [6.45, 7) is 5.26. The number of aliphatic hydroxyl groups excluding tert-OH is 1. The number of ether oxygens (including phenoxy) is 1. The Kier molecular flexibility index (Phi) is 4.20. The van der Waals surface area contributed by atoms with Crippen molar-refractivity contribution in [3.63, 3.8) is 0 Å². The molecule has 0 spiro atoms. The summed E-state index contributed by atoms with van der Waals surface area (Å²) in [5, 5.41) is 9.33. The van der Waals surface area contributed by atoms with E-state index in [1.54, 1.807) is 0 Å². The van der Waals surface area contributed by atoms with Gasteiger partial charge in [0, 0.05) is 13.2 Å². The molecule has 0 amide bonds. The monoisotopic (exact) mass is 186 g/mol. The van der Waals surface area contributed by atoms with Crippen LogP contribution in [0.1, 0.15) is 46.0 Å². The first-order chi connectivity index (χ1) is 6.18. The van der Waals surface area contributed by atoms with E-state index >= 15 is 0 Å². The van der Waals surface area contributed by atoms with Crippen LogP contribution in [0.25, 0.3) is 0 Å². The van der Waals surface area contributed by atoms with Gasteiger partial charge in [-0.15, -0.1) is 0 Å². The van der Waals surface area contributed by atoms with Gasteiger partial charge in [-0.25, -0.2) is 0 Å². The molecule has 0 atom stereocenters. The van der Waals surface area contributed by atoms with Gasteiger partial charge in [0.25, 0.3) is 0 Å². The predicted octanol–water partition coefficient (Wildman–Crippen LogP) is 2.35. The van der Waals surface area contributed by atoms with Crippen molar-refractivity contribution in [3.05, 3.63) is 0 Å². The van der Waals surface area contributed by atoms with E-state index in [9.17, 15) is 5.11 Å². The van der Waals surface area contributed by atoms with E-state index in [1.165, 1.54) is 25.7 Å². The minimum Gasteiger partial charge on any atom is -0.396 e. The molecule has 0 aromatic heterocycles. The third-order valence-electron chi connectivity index (χ3n) is 3.08. The first-order valence-electron chi connectivity index (χ1n) is 5.41. The van der Waals surface area contributed by atoms with Crippen LogP contribution in [0.4, 0.5) is 0 Å². The van der Waals surface area contributed by atoms with E-state index in [2.05, 4.69) is 13.8 Å². The lowest BCUT2D eigenvalue weighted by Gasteiger charge is -2.26. The Hall–Kier alpha value is -0.0800. The SMILES string of the molecule is CC(C)OCCC1(CO)CCCC1. The fraction of sp³-hybridized carbons (Fsp3) is 1.00. The van der Waals surface area contributed by atoms with E-state index in [-0.39, 0.29) is 5.41 Å². The standard InChI is InChI=1S/C11H22O2/c1-10(2)13-8-7-11(9-12)5-3-4-6-11/h10,12H,3-9H2,1-2H3. The maximum absolute atomic E-state index is 9.33. The second-order valence-corrected chi connectivity index (χ2v) is 4.53. The minimum atomic E-state index is 0.203. The van der Waals surface area contributed by atoms with Crippen molar-refractivity contribution < 1.29 is 9.84 Å². The lowest BCUT2D eigenvalue weighted by atomic mass is 9.84. The highest BCUT2D eigenvalue weighted by atomic mass is 16.5. The molecule has 13 heavy (non-hydrogen) atoms. The van der Waals surface area contributed by atoms with E-state index in [0.29, 0.717) is 12.7 Å². The molecule has 2 nitrogen and oxygen atoms in total. The number of rotatable bonds is 5. The first kappa shape index (κ1) is 11.0. The highest BCUT2D eigenvalue weighted by Crippen LogP contribution is 2.40. The zero-order valence-corrected chi connectivity index (χ0v) is 8.88. The molecule has 1 aliphatic rings. The lowest BCUT2D eigenvalue weighted by Crippen LogP contribution is -2.24. The topological polar surface area (TPSA) is 29.5 Å². The Bertz CT molecular complexity index is 137. The molecule has 0 aromatic rings. The Morgan fingerprint density at radius 2 is 1.92 bits per heavy atom. The summed E-state index contributed by atoms with van der Waals surface area (Å²) >= 11 is 0. The molecule has 0 aliphatic heterocycles. The summed E-state index contributed by atoms with van der Waals surface area (Å²) in [5.41, 5.74) is 0.203. The molecule has 0 saturated heterocycles. The number of aliphatic hydroxyl groups is 1. The molecule has 0 bridgehead atoms. The molecule has 2 heteroatoms. The maximum atomic E-state index is 9.33. The molecule has 0 radical (unpaired) electrons. The van der Waals surface area contributed by atoms with Crippen molar-refractivity contribution in [3.8, 4) is 0 Å². The smallest absolute Gasteiger partial charge is 0.0518 e. The second-order valence-electron chi connectivity index (χ2n) is 4.53. The average molecular weight is 186 g/mol. The van der Waals surface area contributed by atoms with Crippen LogP contribution in [-0.4, -0.2) is 24.4 Å². The molecule has 1 saturated carbocycles.